The average Bonchev–Trinajstić information content (AvgIpc) is 2.55. The van der Waals surface area contributed by atoms with Crippen LogP contribution in [0.25, 0.3) is 0 Å². The third kappa shape index (κ3) is 4.81. The summed E-state index contributed by atoms with van der Waals surface area (Å²) in [5.41, 5.74) is 1.05. The van der Waals surface area contributed by atoms with E-state index in [-0.39, 0.29) is 10.6 Å². The van der Waals surface area contributed by atoms with Gasteiger partial charge in [0, 0.05) is 10.6 Å². The molecule has 0 spiro atoms. The Morgan fingerprint density at radius 2 is 1.78 bits per heavy atom. The van der Waals surface area contributed by atoms with E-state index in [1.165, 1.54) is 30.3 Å². The number of ether oxygens (including phenoxy) is 1. The molecule has 0 heterocycles. The van der Waals surface area contributed by atoms with Crippen LogP contribution >= 0.6 is 23.2 Å². The Morgan fingerprint density at radius 1 is 1.09 bits per heavy atom. The Balaban J connectivity index is 1.90. The number of hydrogen-bond donors (Lipinski definition) is 1. The van der Waals surface area contributed by atoms with Crippen molar-refractivity contribution in [1.29, 1.82) is 0 Å². The normalized spacial score (nSPS) is 10.0. The molecule has 0 saturated heterocycles. The van der Waals surface area contributed by atoms with Gasteiger partial charge in [0.25, 0.3) is 5.91 Å². The maximum Gasteiger partial charge on any atom is 0.338 e. The molecule has 0 aliphatic heterocycles. The number of anilines is 1. The summed E-state index contributed by atoms with van der Waals surface area (Å²) in [4.78, 5) is 34.1. The lowest BCUT2D eigenvalue weighted by Crippen LogP contribution is -2.21. The summed E-state index contributed by atoms with van der Waals surface area (Å²) in [7, 11) is 0. The van der Waals surface area contributed by atoms with Gasteiger partial charge >= 0.3 is 5.97 Å². The monoisotopic (exact) mass is 351 g/mol. The zero-order valence-corrected chi connectivity index (χ0v) is 13.2. The van der Waals surface area contributed by atoms with E-state index in [2.05, 4.69) is 5.32 Å². The molecule has 2 aromatic rings. The molecule has 2 rings (SSSR count). The number of carbonyl (C=O) groups excluding carboxylic acids is 3. The molecule has 118 valence electrons. The number of esters is 1. The van der Waals surface area contributed by atoms with Gasteiger partial charge in [-0.15, -0.1) is 0 Å². The SMILES string of the molecule is O=Cc1ccc(C(=O)OCC(=O)Nc2ccc(Cl)cc2Cl)cc1. The maximum atomic E-state index is 11.8. The second kappa shape index (κ2) is 7.76. The third-order valence-corrected chi connectivity index (χ3v) is 3.37. The molecule has 5 nitrogen and oxygen atoms in total. The molecule has 0 radical (unpaired) electrons. The Hall–Kier alpha value is -2.37. The van der Waals surface area contributed by atoms with E-state index in [1.807, 2.05) is 0 Å². The molecule has 0 aliphatic carbocycles. The quantitative estimate of drug-likeness (QED) is 0.659. The molecule has 0 atom stereocenters. The van der Waals surface area contributed by atoms with Gasteiger partial charge in [-0.05, 0) is 30.3 Å². The number of benzene rings is 2. The summed E-state index contributed by atoms with van der Waals surface area (Å²) in [5, 5.41) is 3.23. The van der Waals surface area contributed by atoms with Gasteiger partial charge in [-0.3, -0.25) is 9.59 Å². The predicted molar refractivity (Wildman–Crippen MR) is 87.2 cm³/mol. The minimum absolute atomic E-state index is 0.243. The first kappa shape index (κ1) is 17.0. The molecule has 7 heteroatoms. The first-order chi connectivity index (χ1) is 11.0. The number of rotatable bonds is 5. The van der Waals surface area contributed by atoms with Gasteiger partial charge in [-0.25, -0.2) is 4.79 Å². The Kier molecular flexibility index (Phi) is 5.73. The van der Waals surface area contributed by atoms with Crippen LogP contribution in [0.5, 0.6) is 0 Å². The number of hydrogen-bond acceptors (Lipinski definition) is 4. The van der Waals surface area contributed by atoms with Crippen molar-refractivity contribution in [2.75, 3.05) is 11.9 Å². The number of amides is 1. The molecular formula is C16H11Cl2NO4. The highest BCUT2D eigenvalue weighted by atomic mass is 35.5. The molecule has 0 bridgehead atoms. The molecule has 23 heavy (non-hydrogen) atoms. The smallest absolute Gasteiger partial charge is 0.338 e. The van der Waals surface area contributed by atoms with Crippen LogP contribution in [0.4, 0.5) is 5.69 Å². The number of nitrogens with one attached hydrogen (secondary N) is 1. The molecule has 1 N–H and O–H groups in total. The van der Waals surface area contributed by atoms with Gasteiger partial charge in [0.15, 0.2) is 6.61 Å². The van der Waals surface area contributed by atoms with E-state index < -0.39 is 18.5 Å². The van der Waals surface area contributed by atoms with E-state index in [1.54, 1.807) is 12.1 Å². The van der Waals surface area contributed by atoms with E-state index in [0.717, 1.165) is 0 Å². The van der Waals surface area contributed by atoms with Gasteiger partial charge in [-0.2, -0.15) is 0 Å². The van der Waals surface area contributed by atoms with Gasteiger partial charge < -0.3 is 10.1 Å². The van der Waals surface area contributed by atoms with E-state index in [4.69, 9.17) is 27.9 Å². The molecule has 1 amide bonds. The van der Waals surface area contributed by atoms with Crippen molar-refractivity contribution in [2.24, 2.45) is 0 Å². The first-order valence-electron chi connectivity index (χ1n) is 6.47. The fourth-order valence-corrected chi connectivity index (χ4v) is 2.15. The molecule has 2 aromatic carbocycles. The highest BCUT2D eigenvalue weighted by Crippen LogP contribution is 2.25. The summed E-state index contributed by atoms with van der Waals surface area (Å²) in [6.07, 6.45) is 0.665. The zero-order chi connectivity index (χ0) is 16.8. The van der Waals surface area contributed by atoms with Gasteiger partial charge in [0.05, 0.1) is 16.3 Å². The zero-order valence-electron chi connectivity index (χ0n) is 11.7. The lowest BCUT2D eigenvalue weighted by atomic mass is 10.1. The van der Waals surface area contributed by atoms with Crippen LogP contribution in [0.1, 0.15) is 20.7 Å². The highest BCUT2D eigenvalue weighted by molar-refractivity contribution is 6.36. The highest BCUT2D eigenvalue weighted by Gasteiger charge is 2.11. The van der Waals surface area contributed by atoms with Crippen molar-refractivity contribution in [3.63, 3.8) is 0 Å². The summed E-state index contributed by atoms with van der Waals surface area (Å²) in [6, 6.07) is 10.5. The average molecular weight is 352 g/mol. The second-order valence-corrected chi connectivity index (χ2v) is 5.33. The molecule has 0 fully saturated rings. The van der Waals surface area contributed by atoms with Crippen LogP contribution in [0, 0.1) is 0 Å². The van der Waals surface area contributed by atoms with E-state index in [0.29, 0.717) is 22.6 Å². The fraction of sp³-hybridized carbons (Fsp3) is 0.0625. The molecule has 0 aliphatic rings. The lowest BCUT2D eigenvalue weighted by Gasteiger charge is -2.08. The predicted octanol–water partition coefficient (Wildman–Crippen LogP) is 3.60. The van der Waals surface area contributed by atoms with E-state index >= 15 is 0 Å². The van der Waals surface area contributed by atoms with Crippen LogP contribution < -0.4 is 5.32 Å². The minimum atomic E-state index is -0.667. The van der Waals surface area contributed by atoms with Crippen molar-refractivity contribution in [1.82, 2.24) is 0 Å². The van der Waals surface area contributed by atoms with Crippen LogP contribution in [0.3, 0.4) is 0 Å². The Bertz CT molecular complexity index is 744. The second-order valence-electron chi connectivity index (χ2n) is 4.49. The lowest BCUT2D eigenvalue weighted by molar-refractivity contribution is -0.119. The van der Waals surface area contributed by atoms with Crippen molar-refractivity contribution in [2.45, 2.75) is 0 Å². The van der Waals surface area contributed by atoms with Crippen LogP contribution in [-0.4, -0.2) is 24.8 Å². The van der Waals surface area contributed by atoms with Crippen molar-refractivity contribution in [3.8, 4) is 0 Å². The summed E-state index contributed by atoms with van der Waals surface area (Å²) in [5.74, 6) is -1.20. The van der Waals surface area contributed by atoms with Gasteiger partial charge in [0.2, 0.25) is 0 Å². The van der Waals surface area contributed by atoms with Crippen molar-refractivity contribution >= 4 is 47.1 Å². The Morgan fingerprint density at radius 3 is 2.39 bits per heavy atom. The fourth-order valence-electron chi connectivity index (χ4n) is 1.69. The maximum absolute atomic E-state index is 11.8. The van der Waals surface area contributed by atoms with Gasteiger partial charge in [0.1, 0.15) is 6.29 Å². The van der Waals surface area contributed by atoms with Crippen LogP contribution in [0.2, 0.25) is 10.0 Å². The molecule has 0 saturated carbocycles. The van der Waals surface area contributed by atoms with Crippen molar-refractivity contribution < 1.29 is 19.1 Å². The van der Waals surface area contributed by atoms with Crippen LogP contribution in [0.15, 0.2) is 42.5 Å². The van der Waals surface area contributed by atoms with Crippen molar-refractivity contribution in [3.05, 3.63) is 63.6 Å². The topological polar surface area (TPSA) is 72.5 Å². The first-order valence-corrected chi connectivity index (χ1v) is 7.22. The third-order valence-electron chi connectivity index (χ3n) is 2.82. The summed E-state index contributed by atoms with van der Waals surface area (Å²) >= 11 is 11.7. The summed E-state index contributed by atoms with van der Waals surface area (Å²) in [6.45, 7) is -0.465. The minimum Gasteiger partial charge on any atom is -0.452 e. The molecule has 0 unspecified atom stereocenters. The standard InChI is InChI=1S/C16H11Cl2NO4/c17-12-5-6-14(13(18)7-12)19-15(21)9-23-16(22)11-3-1-10(8-20)2-4-11/h1-8H,9H2,(H,19,21). The molecule has 0 aromatic heterocycles. The molecular weight excluding hydrogens is 341 g/mol. The van der Waals surface area contributed by atoms with E-state index in [9.17, 15) is 14.4 Å². The Labute approximate surface area is 142 Å². The largest absolute Gasteiger partial charge is 0.452 e. The number of carbonyl (C=O) groups is 3. The van der Waals surface area contributed by atoms with Crippen LogP contribution in [-0.2, 0) is 9.53 Å². The summed E-state index contributed by atoms with van der Waals surface area (Å²) < 4.78 is 4.89. The number of halogens is 2. The number of aldehydes is 1. The van der Waals surface area contributed by atoms with Gasteiger partial charge in [-0.1, -0.05) is 35.3 Å².